The number of anilines is 1. The number of imide groups is 1. The number of nitrogens with zero attached hydrogens (tertiary/aromatic N) is 1. The van der Waals surface area contributed by atoms with Gasteiger partial charge >= 0.3 is 0 Å². The smallest absolute Gasteiger partial charge is 0.237 e. The van der Waals surface area contributed by atoms with Crippen molar-refractivity contribution in [3.05, 3.63) is 28.8 Å². The molecular formula is C14H12ClF2NO2. The van der Waals surface area contributed by atoms with Gasteiger partial charge in [0.05, 0.1) is 22.5 Å². The Labute approximate surface area is 119 Å². The van der Waals surface area contributed by atoms with E-state index in [4.69, 9.17) is 11.6 Å². The average molecular weight is 300 g/mol. The molecule has 1 heterocycles. The molecule has 1 aliphatic heterocycles. The van der Waals surface area contributed by atoms with Crippen LogP contribution in [0.4, 0.5) is 14.5 Å². The molecule has 106 valence electrons. The molecule has 2 aliphatic rings. The third-order valence-electron chi connectivity index (χ3n) is 4.07. The minimum absolute atomic E-state index is 0.337. The van der Waals surface area contributed by atoms with E-state index >= 15 is 0 Å². The van der Waals surface area contributed by atoms with E-state index < -0.39 is 35.3 Å². The SMILES string of the molecule is O=C1C2CCCCC2C(=O)N1c1cc(F)c(Cl)cc1F. The second-order valence-corrected chi connectivity index (χ2v) is 5.63. The highest BCUT2D eigenvalue weighted by molar-refractivity contribution is 6.31. The van der Waals surface area contributed by atoms with Crippen molar-refractivity contribution < 1.29 is 18.4 Å². The third kappa shape index (κ3) is 1.92. The first-order chi connectivity index (χ1) is 9.50. The van der Waals surface area contributed by atoms with Gasteiger partial charge in [-0.05, 0) is 18.9 Å². The van der Waals surface area contributed by atoms with E-state index in [1.54, 1.807) is 0 Å². The maximum atomic E-state index is 13.9. The van der Waals surface area contributed by atoms with Gasteiger partial charge < -0.3 is 0 Å². The normalized spacial score (nSPS) is 26.1. The first kappa shape index (κ1) is 13.5. The summed E-state index contributed by atoms with van der Waals surface area (Å²) >= 11 is 5.48. The highest BCUT2D eigenvalue weighted by atomic mass is 35.5. The van der Waals surface area contributed by atoms with Gasteiger partial charge in [0.1, 0.15) is 11.6 Å². The molecule has 2 fully saturated rings. The lowest BCUT2D eigenvalue weighted by molar-refractivity contribution is -0.122. The molecule has 2 unspecified atom stereocenters. The lowest BCUT2D eigenvalue weighted by Crippen LogP contribution is -2.31. The number of hydrogen-bond donors (Lipinski definition) is 0. The molecule has 1 aromatic carbocycles. The zero-order valence-corrected chi connectivity index (χ0v) is 11.3. The first-order valence-electron chi connectivity index (χ1n) is 6.53. The number of amides is 2. The second-order valence-electron chi connectivity index (χ2n) is 5.23. The molecule has 2 atom stereocenters. The molecule has 0 aromatic heterocycles. The number of fused-ring (bicyclic) bond motifs is 1. The maximum absolute atomic E-state index is 13.9. The Morgan fingerprint density at radius 1 is 1.00 bits per heavy atom. The molecule has 20 heavy (non-hydrogen) atoms. The molecule has 1 saturated carbocycles. The van der Waals surface area contributed by atoms with E-state index in [1.165, 1.54) is 0 Å². The van der Waals surface area contributed by atoms with Crippen LogP contribution in [0.5, 0.6) is 0 Å². The van der Waals surface area contributed by atoms with Crippen molar-refractivity contribution in [1.29, 1.82) is 0 Å². The molecule has 1 aliphatic carbocycles. The molecule has 3 nitrogen and oxygen atoms in total. The summed E-state index contributed by atoms with van der Waals surface area (Å²) in [4.78, 5) is 25.4. The average Bonchev–Trinajstić information content (AvgIpc) is 2.68. The van der Waals surface area contributed by atoms with Crippen LogP contribution in [0.2, 0.25) is 5.02 Å². The number of halogens is 3. The summed E-state index contributed by atoms with van der Waals surface area (Å²) in [6.07, 6.45) is 3.02. The van der Waals surface area contributed by atoms with E-state index in [2.05, 4.69) is 0 Å². The van der Waals surface area contributed by atoms with Gasteiger partial charge in [0.2, 0.25) is 11.8 Å². The van der Waals surface area contributed by atoms with Gasteiger partial charge in [-0.3, -0.25) is 9.59 Å². The Kier molecular flexibility index (Phi) is 3.24. The molecule has 0 N–H and O–H groups in total. The zero-order chi connectivity index (χ0) is 14.4. The van der Waals surface area contributed by atoms with Gasteiger partial charge in [-0.15, -0.1) is 0 Å². The quantitative estimate of drug-likeness (QED) is 0.589. The van der Waals surface area contributed by atoms with Gasteiger partial charge in [0.15, 0.2) is 0 Å². The molecular weight excluding hydrogens is 288 g/mol. The van der Waals surface area contributed by atoms with Crippen LogP contribution in [-0.2, 0) is 9.59 Å². The van der Waals surface area contributed by atoms with Crippen molar-refractivity contribution in [2.45, 2.75) is 25.7 Å². The molecule has 1 saturated heterocycles. The highest BCUT2D eigenvalue weighted by Crippen LogP contribution is 2.41. The van der Waals surface area contributed by atoms with E-state index in [0.717, 1.165) is 29.9 Å². The standard InChI is InChI=1S/C14H12ClF2NO2/c15-9-5-11(17)12(6-10(9)16)18-13(19)7-3-1-2-4-8(7)14(18)20/h5-8H,1-4H2. The van der Waals surface area contributed by atoms with Crippen molar-refractivity contribution in [1.82, 2.24) is 0 Å². The molecule has 2 amide bonds. The molecule has 6 heteroatoms. The predicted octanol–water partition coefficient (Wildman–Crippen LogP) is 3.30. The van der Waals surface area contributed by atoms with Crippen LogP contribution in [-0.4, -0.2) is 11.8 Å². The van der Waals surface area contributed by atoms with Crippen LogP contribution < -0.4 is 4.90 Å². The van der Waals surface area contributed by atoms with Gasteiger partial charge in [0, 0.05) is 6.07 Å². The Bertz CT molecular complexity index is 581. The second kappa shape index (κ2) is 4.81. The fraction of sp³-hybridized carbons (Fsp3) is 0.429. The fourth-order valence-corrected chi connectivity index (χ4v) is 3.23. The summed E-state index contributed by atoms with van der Waals surface area (Å²) in [7, 11) is 0. The van der Waals surface area contributed by atoms with Crippen LogP contribution in [0.15, 0.2) is 12.1 Å². The van der Waals surface area contributed by atoms with Crippen molar-refractivity contribution >= 4 is 29.1 Å². The minimum Gasteiger partial charge on any atom is -0.274 e. The summed E-state index contributed by atoms with van der Waals surface area (Å²) in [5.41, 5.74) is -0.337. The largest absolute Gasteiger partial charge is 0.274 e. The van der Waals surface area contributed by atoms with Gasteiger partial charge in [-0.25, -0.2) is 13.7 Å². The lowest BCUT2D eigenvalue weighted by Gasteiger charge is -2.19. The van der Waals surface area contributed by atoms with E-state index in [0.29, 0.717) is 12.8 Å². The molecule has 3 rings (SSSR count). The minimum atomic E-state index is -0.864. The summed E-state index contributed by atoms with van der Waals surface area (Å²) in [5, 5.41) is -0.372. The topological polar surface area (TPSA) is 37.4 Å². The fourth-order valence-electron chi connectivity index (χ4n) is 3.08. The molecule has 1 aromatic rings. The monoisotopic (exact) mass is 299 g/mol. The summed E-state index contributed by atoms with van der Waals surface area (Å²) in [6.45, 7) is 0. The van der Waals surface area contributed by atoms with Crippen molar-refractivity contribution in [3.8, 4) is 0 Å². The van der Waals surface area contributed by atoms with Crippen LogP contribution in [0.3, 0.4) is 0 Å². The number of benzene rings is 1. The summed E-state index contributed by atoms with van der Waals surface area (Å²) in [6, 6.07) is 1.60. The van der Waals surface area contributed by atoms with Crippen LogP contribution >= 0.6 is 11.6 Å². The Morgan fingerprint density at radius 2 is 1.55 bits per heavy atom. The number of carbonyl (C=O) groups excluding carboxylic acids is 2. The third-order valence-corrected chi connectivity index (χ3v) is 4.36. The molecule has 0 radical (unpaired) electrons. The Morgan fingerprint density at radius 3 is 2.10 bits per heavy atom. The van der Waals surface area contributed by atoms with E-state index in [-0.39, 0.29) is 10.7 Å². The number of hydrogen-bond acceptors (Lipinski definition) is 2. The lowest BCUT2D eigenvalue weighted by atomic mass is 9.81. The van der Waals surface area contributed by atoms with Crippen molar-refractivity contribution in [3.63, 3.8) is 0 Å². The van der Waals surface area contributed by atoms with Crippen LogP contribution in [0, 0.1) is 23.5 Å². The van der Waals surface area contributed by atoms with Gasteiger partial charge in [-0.1, -0.05) is 24.4 Å². The van der Waals surface area contributed by atoms with Crippen LogP contribution in [0.1, 0.15) is 25.7 Å². The Hall–Kier alpha value is -1.49. The van der Waals surface area contributed by atoms with E-state index in [9.17, 15) is 18.4 Å². The predicted molar refractivity (Wildman–Crippen MR) is 69.3 cm³/mol. The summed E-state index contributed by atoms with van der Waals surface area (Å²) < 4.78 is 27.4. The molecule has 0 bridgehead atoms. The number of rotatable bonds is 1. The molecule has 0 spiro atoms. The first-order valence-corrected chi connectivity index (χ1v) is 6.91. The van der Waals surface area contributed by atoms with E-state index in [1.807, 2.05) is 0 Å². The zero-order valence-electron chi connectivity index (χ0n) is 10.5. The van der Waals surface area contributed by atoms with Gasteiger partial charge in [0.25, 0.3) is 0 Å². The summed E-state index contributed by atoms with van der Waals surface area (Å²) in [5.74, 6) is -3.36. The van der Waals surface area contributed by atoms with Crippen molar-refractivity contribution in [2.24, 2.45) is 11.8 Å². The number of carbonyl (C=O) groups is 2. The highest BCUT2D eigenvalue weighted by Gasteiger charge is 2.49. The van der Waals surface area contributed by atoms with Gasteiger partial charge in [-0.2, -0.15) is 0 Å². The Balaban J connectivity index is 2.04. The van der Waals surface area contributed by atoms with Crippen molar-refractivity contribution in [2.75, 3.05) is 4.90 Å². The maximum Gasteiger partial charge on any atom is 0.237 e. The van der Waals surface area contributed by atoms with Crippen LogP contribution in [0.25, 0.3) is 0 Å².